The first kappa shape index (κ1) is 79.7. The van der Waals surface area contributed by atoms with E-state index in [1.807, 2.05) is 194 Å². The van der Waals surface area contributed by atoms with Crippen LogP contribution in [0.15, 0.2) is 224 Å². The number of aliphatic hydroxyl groups excluding tert-OH is 2. The van der Waals surface area contributed by atoms with Crippen LogP contribution in [0, 0.1) is 5.92 Å². The van der Waals surface area contributed by atoms with Gasteiger partial charge in [0.15, 0.2) is 41.3 Å². The zero-order valence-electron chi connectivity index (χ0n) is 63.4. The molecule has 22 nitrogen and oxygen atoms in total. The maximum Gasteiger partial charge on any atom is 0.326 e. The number of carbonyl (C=O) groups is 6. The van der Waals surface area contributed by atoms with E-state index < -0.39 is 78.4 Å². The lowest BCUT2D eigenvalue weighted by atomic mass is 9.90. The minimum Gasteiger partial charge on any atom is -0.493 e. The van der Waals surface area contributed by atoms with E-state index in [0.29, 0.717) is 91.3 Å². The van der Waals surface area contributed by atoms with Crippen molar-refractivity contribution in [2.24, 2.45) is 5.92 Å². The number of aliphatic carboxylic acids is 3. The van der Waals surface area contributed by atoms with Crippen molar-refractivity contribution >= 4 is 35.6 Å². The lowest BCUT2D eigenvalue weighted by Crippen LogP contribution is -2.51. The highest BCUT2D eigenvalue weighted by atomic mass is 16.5. The highest BCUT2D eigenvalue weighted by Crippen LogP contribution is 2.44. The van der Waals surface area contributed by atoms with Crippen LogP contribution in [-0.2, 0) is 102 Å². The van der Waals surface area contributed by atoms with E-state index >= 15 is 0 Å². The van der Waals surface area contributed by atoms with Crippen LogP contribution in [0.25, 0.3) is 0 Å². The first-order valence-electron chi connectivity index (χ1n) is 38.5. The quantitative estimate of drug-likeness (QED) is 0.0337. The van der Waals surface area contributed by atoms with Crippen molar-refractivity contribution in [3.63, 3.8) is 0 Å². The van der Waals surface area contributed by atoms with Gasteiger partial charge in [0.05, 0.1) is 44.7 Å². The number of fused-ring (bicyclic) bond motifs is 3. The third-order valence-electron chi connectivity index (χ3n) is 21.9. The fourth-order valence-corrected chi connectivity index (χ4v) is 15.5. The van der Waals surface area contributed by atoms with Crippen LogP contribution in [0.3, 0.4) is 0 Å². The van der Waals surface area contributed by atoms with Gasteiger partial charge in [-0.15, -0.1) is 0 Å². The predicted molar refractivity (Wildman–Crippen MR) is 417 cm³/mol. The Kier molecular flexibility index (Phi) is 26.3. The number of carboxylic acids is 3. The van der Waals surface area contributed by atoms with Gasteiger partial charge in [-0.2, -0.15) is 0 Å². The number of ether oxygens (including phenoxy) is 8. The average Bonchev–Trinajstić information content (AvgIpc) is 1.31. The Bertz CT molecular complexity index is 4720. The lowest BCUT2D eigenvalue weighted by Gasteiger charge is -2.39. The number of aliphatic hydroxyl groups is 2. The molecule has 3 saturated carbocycles. The molecule has 6 aliphatic rings. The Morgan fingerprint density at radius 1 is 0.381 bits per heavy atom. The fourth-order valence-electron chi connectivity index (χ4n) is 15.5. The SMILES string of the molecule is COc1ccc2c(c1OCc1ccccc1)CC(C(=O)O)N(C(=O)C(OC1CC(O)C1)c1ccccc1)C2.COc1ccc2c(c1OCc1ccccc1)CC(C(=O)O)N(C(=O)C(OC1CCCC1C)c1ccccc1)C2.O=C(O)C1Cc2c(cccc2OCc2ccccc2)CN1C(=O)C(OC1CC(O)C1)c1ccccc1. The number of rotatable bonds is 26. The number of methoxy groups -OCH3 is 2. The van der Waals surface area contributed by atoms with E-state index in [-0.39, 0.29) is 63.1 Å². The molecule has 3 heterocycles. The van der Waals surface area contributed by atoms with Crippen LogP contribution in [0.1, 0.15) is 137 Å². The lowest BCUT2D eigenvalue weighted by molar-refractivity contribution is -0.167. The highest BCUT2D eigenvalue weighted by molar-refractivity contribution is 5.90. The molecule has 3 aliphatic heterocycles. The molecule has 0 aromatic heterocycles. The Balaban J connectivity index is 0.000000148. The molecule has 0 saturated heterocycles. The normalized spacial score (nSPS) is 21.3. The summed E-state index contributed by atoms with van der Waals surface area (Å²) in [4.78, 5) is 83.5. The van der Waals surface area contributed by atoms with E-state index in [2.05, 4.69) is 6.92 Å². The number of hydrogen-bond donors (Lipinski definition) is 5. The Labute approximate surface area is 656 Å². The van der Waals surface area contributed by atoms with Gasteiger partial charge in [0.2, 0.25) is 0 Å². The fraction of sp³-hybridized carbons (Fsp3) is 0.341. The smallest absolute Gasteiger partial charge is 0.326 e. The third-order valence-corrected chi connectivity index (χ3v) is 21.9. The summed E-state index contributed by atoms with van der Waals surface area (Å²) in [6, 6.07) is 66.5. The van der Waals surface area contributed by atoms with Crippen LogP contribution in [0.4, 0.5) is 0 Å². The number of amides is 3. The van der Waals surface area contributed by atoms with Crippen molar-refractivity contribution in [1.29, 1.82) is 0 Å². The van der Waals surface area contributed by atoms with Crippen molar-refractivity contribution in [3.05, 3.63) is 291 Å². The maximum atomic E-state index is 14.1. The number of carbonyl (C=O) groups excluding carboxylic acids is 3. The van der Waals surface area contributed by atoms with Gasteiger partial charge < -0.3 is 78.1 Å². The summed E-state index contributed by atoms with van der Waals surface area (Å²) in [5.74, 6) is -1.34. The Hall–Kier alpha value is -11.4. The van der Waals surface area contributed by atoms with Gasteiger partial charge in [-0.3, -0.25) is 14.4 Å². The molecule has 3 aliphatic carbocycles. The van der Waals surface area contributed by atoms with E-state index in [9.17, 15) is 54.3 Å². The summed E-state index contributed by atoms with van der Waals surface area (Å²) in [5, 5.41) is 50.0. The summed E-state index contributed by atoms with van der Waals surface area (Å²) in [6.07, 6.45) is 0.968. The van der Waals surface area contributed by atoms with Gasteiger partial charge in [0.1, 0.15) is 43.7 Å². The minimum atomic E-state index is -1.11. The van der Waals surface area contributed by atoms with E-state index in [1.165, 1.54) is 14.7 Å². The number of hydrogen-bond acceptors (Lipinski definition) is 16. The predicted octanol–water partition coefficient (Wildman–Crippen LogP) is 13.3. The maximum absolute atomic E-state index is 14.1. The van der Waals surface area contributed by atoms with Crippen molar-refractivity contribution in [1.82, 2.24) is 14.7 Å². The van der Waals surface area contributed by atoms with Crippen LogP contribution in [0.2, 0.25) is 0 Å². The second-order valence-electron chi connectivity index (χ2n) is 29.5. The zero-order valence-corrected chi connectivity index (χ0v) is 63.4. The van der Waals surface area contributed by atoms with Gasteiger partial charge in [0.25, 0.3) is 17.7 Å². The zero-order chi connectivity index (χ0) is 79.1. The van der Waals surface area contributed by atoms with Gasteiger partial charge in [-0.25, -0.2) is 14.4 Å². The van der Waals surface area contributed by atoms with Crippen LogP contribution >= 0.6 is 0 Å². The number of carboxylic acid groups (broad SMARTS) is 3. The molecule has 113 heavy (non-hydrogen) atoms. The van der Waals surface area contributed by atoms with E-state index in [0.717, 1.165) is 74.9 Å². The second kappa shape index (κ2) is 37.3. The first-order chi connectivity index (χ1) is 54.9. The Morgan fingerprint density at radius 3 is 1.05 bits per heavy atom. The van der Waals surface area contributed by atoms with E-state index in [4.69, 9.17) is 37.9 Å². The Morgan fingerprint density at radius 2 is 0.717 bits per heavy atom. The summed E-state index contributed by atoms with van der Waals surface area (Å²) in [6.45, 7) is 3.51. The first-order valence-corrected chi connectivity index (χ1v) is 38.5. The molecule has 22 heteroatoms. The summed E-state index contributed by atoms with van der Waals surface area (Å²) in [7, 11) is 3.11. The molecule has 9 aromatic rings. The van der Waals surface area contributed by atoms with Gasteiger partial charge in [-0.1, -0.05) is 220 Å². The summed E-state index contributed by atoms with van der Waals surface area (Å²) >= 11 is 0. The monoisotopic (exact) mass is 1530 g/mol. The topological polar surface area (TPSA) is 287 Å². The molecule has 0 radical (unpaired) electrons. The van der Waals surface area contributed by atoms with Crippen molar-refractivity contribution in [2.75, 3.05) is 14.2 Å². The average molecular weight is 1530 g/mol. The molecule has 8 unspecified atom stereocenters. The van der Waals surface area contributed by atoms with Crippen LogP contribution in [-0.4, -0.2) is 139 Å². The molecular formula is C91H95N3O19. The third kappa shape index (κ3) is 19.2. The molecular weight excluding hydrogens is 1440 g/mol. The summed E-state index contributed by atoms with van der Waals surface area (Å²) in [5.41, 5.74) is 9.80. The summed E-state index contributed by atoms with van der Waals surface area (Å²) < 4.78 is 48.3. The highest BCUT2D eigenvalue weighted by Gasteiger charge is 2.46. The molecule has 0 spiro atoms. The van der Waals surface area contributed by atoms with Gasteiger partial charge >= 0.3 is 17.9 Å². The van der Waals surface area contributed by atoms with Crippen molar-refractivity contribution < 1.29 is 92.2 Å². The molecule has 3 amide bonds. The van der Waals surface area contributed by atoms with E-state index in [1.54, 1.807) is 44.6 Å². The van der Waals surface area contributed by atoms with Gasteiger partial charge in [0, 0.05) is 55.6 Å². The van der Waals surface area contributed by atoms with Gasteiger partial charge in [-0.05, 0) is 113 Å². The number of nitrogens with zero attached hydrogens (tertiary/aromatic N) is 3. The molecule has 0 bridgehead atoms. The molecule has 8 atom stereocenters. The van der Waals surface area contributed by atoms with Crippen LogP contribution < -0.4 is 23.7 Å². The molecule has 588 valence electrons. The molecule has 5 N–H and O–H groups in total. The largest absolute Gasteiger partial charge is 0.493 e. The molecule has 9 aromatic carbocycles. The standard InChI is InChI=1S/C32H35NO6.C30H31NO7.C29H29NO6/c1-21-10-9-15-27(21)39-29(23-13-7-4-8-14-23)31(34)33-19-24-16-17-28(37-2)30(25(24)18-26(33)32(35)36)38-20-22-11-5-3-6-12-22;1-36-26-13-12-21-17-31(29(33)27(20-10-6-3-7-11-20)38-23-14-22(32)15-23)25(30(34)35)16-24(21)28(26)37-18-19-8-4-2-5-9-19;31-22-14-23(15-22)36-27(20-10-5-2-6-11-20)28(32)30-17-21-12-7-13-26(24(21)16-25(30)29(33)34)35-18-19-8-3-1-4-9-19/h3-8,11-14,16-17,21,26-27,29H,9-10,15,18-20H2,1-2H3,(H,35,36);2-13,22-23,25,27,32H,14-18H2,1H3,(H,34,35);1-13,22-23,25,27,31H,14-18H2,(H,33,34). The van der Waals surface area contributed by atoms with Crippen LogP contribution in [0.5, 0.6) is 28.7 Å². The van der Waals surface area contributed by atoms with Crippen molar-refractivity contribution in [2.45, 2.75) is 178 Å². The second-order valence-corrected chi connectivity index (χ2v) is 29.5. The minimum absolute atomic E-state index is 0.0400. The molecule has 3 fully saturated rings. The number of benzene rings is 9. The molecule has 15 rings (SSSR count). The van der Waals surface area contributed by atoms with Crippen molar-refractivity contribution in [3.8, 4) is 28.7 Å².